The van der Waals surface area contributed by atoms with Gasteiger partial charge in [-0.1, -0.05) is 0 Å². The third-order valence-electron chi connectivity index (χ3n) is 2.18. The third-order valence-corrected chi connectivity index (χ3v) is 3.46. The topological polar surface area (TPSA) is 44.1 Å². The van der Waals surface area contributed by atoms with Gasteiger partial charge in [-0.2, -0.15) is 5.10 Å². The number of hydrogen-bond donors (Lipinski definition) is 0. The molecule has 1 aromatic carbocycles. The fourth-order valence-corrected chi connectivity index (χ4v) is 1.95. The lowest BCUT2D eigenvalue weighted by molar-refractivity contribution is 0.0601. The molecule has 0 unspecified atom stereocenters. The number of fused-ring (bicyclic) bond motifs is 1. The van der Waals surface area contributed by atoms with Gasteiger partial charge in [0.25, 0.3) is 0 Å². The quantitative estimate of drug-likeness (QED) is 0.597. The number of rotatable bonds is 1. The second kappa shape index (κ2) is 3.80. The molecule has 1 heterocycles. The Hall–Kier alpha value is -1.11. The molecule has 0 atom stereocenters. The zero-order valence-electron chi connectivity index (χ0n) is 8.32. The Kier molecular flexibility index (Phi) is 2.64. The molecule has 0 aliphatic heterocycles. The number of ether oxygens (including phenoxy) is 1. The van der Waals surface area contributed by atoms with Gasteiger partial charge in [-0.15, -0.1) is 0 Å². The highest BCUT2D eigenvalue weighted by Gasteiger charge is 2.10. The lowest BCUT2D eigenvalue weighted by Crippen LogP contribution is -2.00. The van der Waals surface area contributed by atoms with Gasteiger partial charge < -0.3 is 4.74 Å². The van der Waals surface area contributed by atoms with Crippen molar-refractivity contribution in [2.24, 2.45) is 7.05 Å². The number of aromatic nitrogens is 2. The first kappa shape index (κ1) is 10.4. The summed E-state index contributed by atoms with van der Waals surface area (Å²) in [5.74, 6) is -0.323. The van der Waals surface area contributed by atoms with Crippen LogP contribution in [-0.4, -0.2) is 22.9 Å². The molecule has 2 aromatic rings. The van der Waals surface area contributed by atoms with Crippen LogP contribution in [0.4, 0.5) is 0 Å². The Balaban J connectivity index is 2.64. The molecule has 0 aliphatic carbocycles. The molecule has 15 heavy (non-hydrogen) atoms. The summed E-state index contributed by atoms with van der Waals surface area (Å²) in [4.78, 5) is 11.3. The largest absolute Gasteiger partial charge is 0.465 e. The van der Waals surface area contributed by atoms with E-state index in [4.69, 9.17) is 0 Å². The molecule has 0 amide bonds. The van der Waals surface area contributed by atoms with Gasteiger partial charge >= 0.3 is 5.97 Å². The Bertz CT molecular complexity index is 533. The number of carbonyl (C=O) groups is 1. The van der Waals surface area contributed by atoms with Crippen LogP contribution in [0.15, 0.2) is 18.2 Å². The normalized spacial score (nSPS) is 10.6. The van der Waals surface area contributed by atoms with Crippen molar-refractivity contribution in [3.63, 3.8) is 0 Å². The molecule has 4 nitrogen and oxygen atoms in total. The Labute approximate surface area is 100 Å². The molecular formula is C10H9IN2O2. The van der Waals surface area contributed by atoms with E-state index in [1.54, 1.807) is 16.8 Å². The van der Waals surface area contributed by atoms with Gasteiger partial charge in [0, 0.05) is 12.4 Å². The average molecular weight is 316 g/mol. The average Bonchev–Trinajstić information content (AvgIpc) is 2.54. The standard InChI is InChI=1S/C10H9IN2O2/c1-13-9(11)7-5-6(10(14)15-2)3-4-8(7)12-13/h3-5H,1-2H3. The first-order valence-corrected chi connectivity index (χ1v) is 5.42. The van der Waals surface area contributed by atoms with Crippen LogP contribution in [0.1, 0.15) is 10.4 Å². The number of carbonyl (C=O) groups excluding carboxylic acids is 1. The van der Waals surface area contributed by atoms with Crippen LogP contribution in [0.2, 0.25) is 0 Å². The highest BCUT2D eigenvalue weighted by Crippen LogP contribution is 2.21. The summed E-state index contributed by atoms with van der Waals surface area (Å²) in [6, 6.07) is 5.34. The van der Waals surface area contributed by atoms with Gasteiger partial charge in [-0.05, 0) is 40.8 Å². The van der Waals surface area contributed by atoms with E-state index in [0.29, 0.717) is 5.56 Å². The highest BCUT2D eigenvalue weighted by molar-refractivity contribution is 14.1. The van der Waals surface area contributed by atoms with Crippen LogP contribution in [0.25, 0.3) is 10.9 Å². The third kappa shape index (κ3) is 1.71. The van der Waals surface area contributed by atoms with Gasteiger partial charge in [-0.3, -0.25) is 4.68 Å². The lowest BCUT2D eigenvalue weighted by Gasteiger charge is -1.98. The van der Waals surface area contributed by atoms with Crippen LogP contribution in [0.3, 0.4) is 0 Å². The number of hydrogen-bond acceptors (Lipinski definition) is 3. The molecule has 0 saturated heterocycles. The van der Waals surface area contributed by atoms with Crippen molar-refractivity contribution < 1.29 is 9.53 Å². The summed E-state index contributed by atoms with van der Waals surface area (Å²) in [6.45, 7) is 0. The number of aryl methyl sites for hydroxylation is 1. The fraction of sp³-hybridized carbons (Fsp3) is 0.200. The Morgan fingerprint density at radius 3 is 2.93 bits per heavy atom. The van der Waals surface area contributed by atoms with E-state index in [2.05, 4.69) is 32.4 Å². The predicted molar refractivity (Wildman–Crippen MR) is 64.8 cm³/mol. The molecule has 0 aliphatic rings. The van der Waals surface area contributed by atoms with Crippen molar-refractivity contribution in [1.82, 2.24) is 9.78 Å². The molecule has 0 N–H and O–H groups in total. The first-order chi connectivity index (χ1) is 7.13. The van der Waals surface area contributed by atoms with Crippen LogP contribution < -0.4 is 0 Å². The monoisotopic (exact) mass is 316 g/mol. The zero-order chi connectivity index (χ0) is 11.0. The molecule has 0 bridgehead atoms. The van der Waals surface area contributed by atoms with E-state index < -0.39 is 0 Å². The minimum Gasteiger partial charge on any atom is -0.465 e. The maximum Gasteiger partial charge on any atom is 0.337 e. The second-order valence-electron chi connectivity index (χ2n) is 3.14. The maximum absolute atomic E-state index is 11.3. The van der Waals surface area contributed by atoms with Gasteiger partial charge in [0.1, 0.15) is 3.70 Å². The van der Waals surface area contributed by atoms with E-state index >= 15 is 0 Å². The zero-order valence-corrected chi connectivity index (χ0v) is 10.5. The summed E-state index contributed by atoms with van der Waals surface area (Å²) in [6.07, 6.45) is 0. The highest BCUT2D eigenvalue weighted by atomic mass is 127. The minimum absolute atomic E-state index is 0.323. The molecule has 2 rings (SSSR count). The number of esters is 1. The molecule has 0 saturated carbocycles. The molecule has 0 fully saturated rings. The molecule has 0 spiro atoms. The predicted octanol–water partition coefficient (Wildman–Crippen LogP) is 1.96. The van der Waals surface area contributed by atoms with Gasteiger partial charge in [0.15, 0.2) is 0 Å². The number of methoxy groups -OCH3 is 1. The van der Waals surface area contributed by atoms with Crippen molar-refractivity contribution >= 4 is 39.5 Å². The molecular weight excluding hydrogens is 307 g/mol. The van der Waals surface area contributed by atoms with E-state index in [9.17, 15) is 4.79 Å². The summed E-state index contributed by atoms with van der Waals surface area (Å²) < 4.78 is 7.45. The van der Waals surface area contributed by atoms with E-state index in [1.807, 2.05) is 13.1 Å². The van der Waals surface area contributed by atoms with Gasteiger partial charge in [0.05, 0.1) is 18.2 Å². The second-order valence-corrected chi connectivity index (χ2v) is 4.16. The van der Waals surface area contributed by atoms with Gasteiger partial charge in [-0.25, -0.2) is 4.79 Å². The van der Waals surface area contributed by atoms with Crippen molar-refractivity contribution in [1.29, 1.82) is 0 Å². The summed E-state index contributed by atoms with van der Waals surface area (Å²) in [7, 11) is 3.25. The van der Waals surface area contributed by atoms with E-state index in [-0.39, 0.29) is 5.97 Å². The van der Waals surface area contributed by atoms with Crippen molar-refractivity contribution in [3.05, 3.63) is 27.5 Å². The summed E-state index contributed by atoms with van der Waals surface area (Å²) in [5, 5.41) is 5.27. The number of halogens is 1. The number of benzene rings is 1. The Morgan fingerprint density at radius 2 is 2.27 bits per heavy atom. The summed E-state index contributed by atoms with van der Waals surface area (Å²) >= 11 is 2.20. The maximum atomic E-state index is 11.3. The molecule has 0 radical (unpaired) electrons. The van der Waals surface area contributed by atoms with Crippen LogP contribution >= 0.6 is 22.6 Å². The number of nitrogens with zero attached hydrogens (tertiary/aromatic N) is 2. The summed E-state index contributed by atoms with van der Waals surface area (Å²) in [5.41, 5.74) is 1.44. The lowest BCUT2D eigenvalue weighted by atomic mass is 10.2. The SMILES string of the molecule is COC(=O)c1ccc2nn(C)c(I)c2c1. The van der Waals surface area contributed by atoms with Crippen molar-refractivity contribution in [2.75, 3.05) is 7.11 Å². The molecule has 78 valence electrons. The minimum atomic E-state index is -0.323. The smallest absolute Gasteiger partial charge is 0.337 e. The van der Waals surface area contributed by atoms with Crippen LogP contribution in [-0.2, 0) is 11.8 Å². The van der Waals surface area contributed by atoms with E-state index in [0.717, 1.165) is 14.6 Å². The molecule has 1 aromatic heterocycles. The van der Waals surface area contributed by atoms with Gasteiger partial charge in [0.2, 0.25) is 0 Å². The molecule has 5 heteroatoms. The first-order valence-electron chi connectivity index (χ1n) is 4.34. The van der Waals surface area contributed by atoms with E-state index in [1.165, 1.54) is 7.11 Å². The van der Waals surface area contributed by atoms with Crippen molar-refractivity contribution in [3.8, 4) is 0 Å². The van der Waals surface area contributed by atoms with Crippen molar-refractivity contribution in [2.45, 2.75) is 0 Å². The Morgan fingerprint density at radius 1 is 1.53 bits per heavy atom. The van der Waals surface area contributed by atoms with Crippen LogP contribution in [0.5, 0.6) is 0 Å². The van der Waals surface area contributed by atoms with Crippen LogP contribution in [0, 0.1) is 3.70 Å². The fourth-order valence-electron chi connectivity index (χ4n) is 1.41.